The van der Waals surface area contributed by atoms with Gasteiger partial charge in [-0.05, 0) is 18.2 Å². The predicted molar refractivity (Wildman–Crippen MR) is 73.9 cm³/mol. The lowest BCUT2D eigenvalue weighted by Crippen LogP contribution is -2.35. The van der Waals surface area contributed by atoms with E-state index in [1.54, 1.807) is 13.8 Å². The van der Waals surface area contributed by atoms with Crippen LogP contribution >= 0.6 is 11.6 Å². The van der Waals surface area contributed by atoms with Gasteiger partial charge in [0, 0.05) is 13.1 Å². The Balaban J connectivity index is 3.04. The quantitative estimate of drug-likeness (QED) is 0.842. The number of aromatic carboxylic acids is 1. The summed E-state index contributed by atoms with van der Waals surface area (Å²) in [5.41, 5.74) is 0.148. The number of halogens is 1. The van der Waals surface area contributed by atoms with E-state index >= 15 is 0 Å². The van der Waals surface area contributed by atoms with E-state index in [2.05, 4.69) is 4.72 Å². The fourth-order valence-electron chi connectivity index (χ4n) is 1.50. The number of anilines is 1. The van der Waals surface area contributed by atoms with Crippen LogP contribution in [0.5, 0.6) is 0 Å². The molecule has 8 heteroatoms. The van der Waals surface area contributed by atoms with E-state index in [1.165, 1.54) is 22.5 Å². The Kier molecular flexibility index (Phi) is 5.16. The van der Waals surface area contributed by atoms with Gasteiger partial charge in [-0.15, -0.1) is 0 Å². The summed E-state index contributed by atoms with van der Waals surface area (Å²) >= 11 is 5.86. The Morgan fingerprint density at radius 3 is 2.37 bits per heavy atom. The van der Waals surface area contributed by atoms with Crippen LogP contribution in [0.3, 0.4) is 0 Å². The summed E-state index contributed by atoms with van der Waals surface area (Å²) in [6.07, 6.45) is 0. The first-order valence-electron chi connectivity index (χ1n) is 5.62. The van der Waals surface area contributed by atoms with E-state index < -0.39 is 16.2 Å². The van der Waals surface area contributed by atoms with Crippen molar-refractivity contribution in [2.45, 2.75) is 13.8 Å². The Hall–Kier alpha value is -1.31. The van der Waals surface area contributed by atoms with Gasteiger partial charge in [0.25, 0.3) is 0 Å². The van der Waals surface area contributed by atoms with Gasteiger partial charge >= 0.3 is 16.2 Å². The highest BCUT2D eigenvalue weighted by Crippen LogP contribution is 2.24. The Morgan fingerprint density at radius 2 is 1.95 bits per heavy atom. The molecular weight excluding hydrogens is 292 g/mol. The molecule has 0 saturated carbocycles. The second kappa shape index (κ2) is 6.23. The van der Waals surface area contributed by atoms with E-state index in [1.807, 2.05) is 0 Å². The van der Waals surface area contributed by atoms with Gasteiger partial charge in [-0.3, -0.25) is 4.72 Å². The van der Waals surface area contributed by atoms with E-state index in [9.17, 15) is 13.2 Å². The van der Waals surface area contributed by atoms with Gasteiger partial charge < -0.3 is 5.11 Å². The lowest BCUT2D eigenvalue weighted by Gasteiger charge is -2.19. The molecule has 0 bridgehead atoms. The van der Waals surface area contributed by atoms with Crippen molar-refractivity contribution in [3.05, 3.63) is 28.8 Å². The monoisotopic (exact) mass is 306 g/mol. The molecule has 1 aromatic carbocycles. The molecule has 0 spiro atoms. The molecule has 0 radical (unpaired) electrons. The molecule has 0 aliphatic carbocycles. The van der Waals surface area contributed by atoms with Gasteiger partial charge in [0.05, 0.1) is 16.3 Å². The van der Waals surface area contributed by atoms with Gasteiger partial charge in [-0.1, -0.05) is 25.4 Å². The van der Waals surface area contributed by atoms with Crippen LogP contribution in [0.2, 0.25) is 5.02 Å². The molecule has 0 unspecified atom stereocenters. The minimum Gasteiger partial charge on any atom is -0.478 e. The molecule has 0 saturated heterocycles. The van der Waals surface area contributed by atoms with E-state index in [-0.39, 0.29) is 16.3 Å². The van der Waals surface area contributed by atoms with Crippen LogP contribution in [0.1, 0.15) is 24.2 Å². The largest absolute Gasteiger partial charge is 0.478 e. The van der Waals surface area contributed by atoms with Gasteiger partial charge in [-0.2, -0.15) is 12.7 Å². The average molecular weight is 307 g/mol. The Morgan fingerprint density at radius 1 is 1.37 bits per heavy atom. The first-order valence-corrected chi connectivity index (χ1v) is 7.44. The summed E-state index contributed by atoms with van der Waals surface area (Å²) in [7, 11) is -3.68. The molecule has 19 heavy (non-hydrogen) atoms. The number of nitrogens with zero attached hydrogens (tertiary/aromatic N) is 1. The first kappa shape index (κ1) is 15.7. The maximum absolute atomic E-state index is 12.0. The third-order valence-corrected chi connectivity index (χ3v) is 4.49. The van der Waals surface area contributed by atoms with Crippen molar-refractivity contribution in [3.8, 4) is 0 Å². The van der Waals surface area contributed by atoms with E-state index in [0.717, 1.165) is 0 Å². The van der Waals surface area contributed by atoms with Crippen LogP contribution in [-0.2, 0) is 10.2 Å². The van der Waals surface area contributed by atoms with Crippen molar-refractivity contribution in [1.29, 1.82) is 0 Å². The van der Waals surface area contributed by atoms with Crippen molar-refractivity contribution in [2.24, 2.45) is 0 Å². The first-order chi connectivity index (χ1) is 8.81. The number of carboxylic acid groups (broad SMARTS) is 1. The van der Waals surface area contributed by atoms with Crippen molar-refractivity contribution >= 4 is 33.5 Å². The molecule has 0 atom stereocenters. The van der Waals surface area contributed by atoms with Crippen LogP contribution in [-0.4, -0.2) is 36.9 Å². The Labute approximate surface area is 117 Å². The zero-order valence-electron chi connectivity index (χ0n) is 10.6. The maximum atomic E-state index is 12.0. The lowest BCUT2D eigenvalue weighted by atomic mass is 10.2. The summed E-state index contributed by atoms with van der Waals surface area (Å²) < 4.78 is 27.5. The highest BCUT2D eigenvalue weighted by atomic mass is 35.5. The molecule has 6 nitrogen and oxygen atoms in total. The zero-order valence-corrected chi connectivity index (χ0v) is 12.1. The fourth-order valence-corrected chi connectivity index (χ4v) is 3.05. The molecule has 0 heterocycles. The minimum absolute atomic E-state index is 0.00390. The van der Waals surface area contributed by atoms with Crippen LogP contribution in [0.25, 0.3) is 0 Å². The van der Waals surface area contributed by atoms with Crippen molar-refractivity contribution < 1.29 is 18.3 Å². The summed E-state index contributed by atoms with van der Waals surface area (Å²) in [5, 5.41) is 8.83. The highest BCUT2D eigenvalue weighted by Gasteiger charge is 2.19. The topological polar surface area (TPSA) is 86.7 Å². The van der Waals surface area contributed by atoms with Gasteiger partial charge in [0.1, 0.15) is 0 Å². The number of rotatable bonds is 6. The molecule has 1 aromatic rings. The molecule has 106 valence electrons. The number of carboxylic acids is 1. The third-order valence-electron chi connectivity index (χ3n) is 2.50. The van der Waals surface area contributed by atoms with E-state index in [0.29, 0.717) is 13.1 Å². The normalized spacial score (nSPS) is 11.6. The third kappa shape index (κ3) is 3.82. The SMILES string of the molecule is CCN(CC)S(=O)(=O)Nc1ccc(C(=O)O)cc1Cl. The summed E-state index contributed by atoms with van der Waals surface area (Å²) in [5.74, 6) is -1.12. The fraction of sp³-hybridized carbons (Fsp3) is 0.364. The van der Waals surface area contributed by atoms with Crippen LogP contribution in [0.15, 0.2) is 18.2 Å². The number of nitrogens with one attached hydrogen (secondary N) is 1. The molecule has 1 rings (SSSR count). The molecule has 0 amide bonds. The lowest BCUT2D eigenvalue weighted by molar-refractivity contribution is 0.0697. The Bertz CT molecular complexity index is 570. The maximum Gasteiger partial charge on any atom is 0.335 e. The molecule has 2 N–H and O–H groups in total. The van der Waals surface area contributed by atoms with Crippen molar-refractivity contribution in [3.63, 3.8) is 0 Å². The summed E-state index contributed by atoms with van der Waals surface area (Å²) in [6, 6.07) is 3.81. The standard InChI is InChI=1S/C11H15ClN2O4S/c1-3-14(4-2)19(17,18)13-10-6-5-8(11(15)16)7-9(10)12/h5-7,13H,3-4H2,1-2H3,(H,15,16). The van der Waals surface area contributed by atoms with Gasteiger partial charge in [0.15, 0.2) is 0 Å². The average Bonchev–Trinajstić information content (AvgIpc) is 2.32. The van der Waals surface area contributed by atoms with Gasteiger partial charge in [0.2, 0.25) is 0 Å². The summed E-state index contributed by atoms with van der Waals surface area (Å²) in [4.78, 5) is 10.7. The molecule has 0 fully saturated rings. The summed E-state index contributed by atoms with van der Waals surface area (Å²) in [6.45, 7) is 4.10. The second-order valence-electron chi connectivity index (χ2n) is 3.69. The molecule has 0 aromatic heterocycles. The predicted octanol–water partition coefficient (Wildman–Crippen LogP) is 2.04. The van der Waals surface area contributed by atoms with Crippen LogP contribution < -0.4 is 4.72 Å². The number of carbonyl (C=O) groups is 1. The van der Waals surface area contributed by atoms with Crippen molar-refractivity contribution in [1.82, 2.24) is 4.31 Å². The van der Waals surface area contributed by atoms with E-state index in [4.69, 9.17) is 16.7 Å². The molecule has 0 aliphatic rings. The smallest absolute Gasteiger partial charge is 0.335 e. The van der Waals surface area contributed by atoms with Gasteiger partial charge in [-0.25, -0.2) is 4.79 Å². The second-order valence-corrected chi connectivity index (χ2v) is 5.77. The minimum atomic E-state index is -3.68. The number of benzene rings is 1. The molecule has 0 aliphatic heterocycles. The zero-order chi connectivity index (χ0) is 14.6. The molecular formula is C11H15ClN2O4S. The van der Waals surface area contributed by atoms with Crippen LogP contribution in [0, 0.1) is 0 Å². The van der Waals surface area contributed by atoms with Crippen molar-refractivity contribution in [2.75, 3.05) is 17.8 Å². The highest BCUT2D eigenvalue weighted by molar-refractivity contribution is 7.90. The van der Waals surface area contributed by atoms with Crippen LogP contribution in [0.4, 0.5) is 5.69 Å². The number of hydrogen-bond donors (Lipinski definition) is 2. The number of hydrogen-bond acceptors (Lipinski definition) is 3.